The Morgan fingerprint density at radius 3 is 3.00 bits per heavy atom. The van der Waals surface area contributed by atoms with Crippen LogP contribution in [0.5, 0.6) is 5.75 Å². The molecule has 0 saturated carbocycles. The number of carbonyl (C=O) groups is 1. The number of aryl methyl sites for hydroxylation is 1. The zero-order valence-corrected chi connectivity index (χ0v) is 7.83. The summed E-state index contributed by atoms with van der Waals surface area (Å²) in [5.41, 5.74) is 2.23. The molecule has 0 amide bonds. The maximum atomic E-state index is 11.3. The van der Waals surface area contributed by atoms with Crippen molar-refractivity contribution in [2.24, 2.45) is 0 Å². The fraction of sp³-hybridized carbons (Fsp3) is 0.364. The highest BCUT2D eigenvalue weighted by molar-refractivity contribution is 5.85. The molecule has 2 nitrogen and oxygen atoms in total. The highest BCUT2D eigenvalue weighted by Gasteiger charge is 2.28. The van der Waals surface area contributed by atoms with Gasteiger partial charge >= 0.3 is 0 Å². The van der Waals surface area contributed by atoms with Crippen molar-refractivity contribution < 1.29 is 9.53 Å². The zero-order chi connectivity index (χ0) is 9.42. The molecule has 13 heavy (non-hydrogen) atoms. The summed E-state index contributed by atoms with van der Waals surface area (Å²) >= 11 is 0. The molecule has 1 aliphatic heterocycles. The average molecular weight is 176 g/mol. The summed E-state index contributed by atoms with van der Waals surface area (Å²) in [7, 11) is 0. The summed E-state index contributed by atoms with van der Waals surface area (Å²) in [5, 5.41) is 0. The Balaban J connectivity index is 2.52. The lowest BCUT2D eigenvalue weighted by Crippen LogP contribution is -2.10. The predicted molar refractivity (Wildman–Crippen MR) is 50.1 cm³/mol. The number of ketones is 1. The number of hydrogen-bond donors (Lipinski definition) is 0. The van der Waals surface area contributed by atoms with Crippen molar-refractivity contribution in [3.05, 3.63) is 29.3 Å². The monoisotopic (exact) mass is 176 g/mol. The van der Waals surface area contributed by atoms with Gasteiger partial charge in [-0.15, -0.1) is 0 Å². The molecule has 1 atom stereocenters. The van der Waals surface area contributed by atoms with Crippen molar-refractivity contribution in [2.45, 2.75) is 19.8 Å². The summed E-state index contributed by atoms with van der Waals surface area (Å²) in [5.74, 6) is 1.02. The molecule has 1 aromatic rings. The second-order valence-corrected chi connectivity index (χ2v) is 3.46. The molecule has 0 radical (unpaired) electrons. The summed E-state index contributed by atoms with van der Waals surface area (Å²) in [6.07, 6.45) is 0. The van der Waals surface area contributed by atoms with Crippen LogP contribution in [0, 0.1) is 6.92 Å². The minimum atomic E-state index is -0.0452. The molecule has 1 aromatic carbocycles. The Morgan fingerprint density at radius 2 is 2.31 bits per heavy atom. The first-order valence-electron chi connectivity index (χ1n) is 4.43. The van der Waals surface area contributed by atoms with Crippen LogP contribution >= 0.6 is 0 Å². The first-order valence-corrected chi connectivity index (χ1v) is 4.43. The van der Waals surface area contributed by atoms with Crippen LogP contribution in [0.25, 0.3) is 0 Å². The van der Waals surface area contributed by atoms with E-state index in [0.717, 1.165) is 16.9 Å². The molecule has 0 aromatic heterocycles. The van der Waals surface area contributed by atoms with E-state index >= 15 is 0 Å². The lowest BCUT2D eigenvalue weighted by atomic mass is 9.94. The van der Waals surface area contributed by atoms with Gasteiger partial charge in [0.15, 0.2) is 0 Å². The smallest absolute Gasteiger partial charge is 0.140 e. The number of fused-ring (bicyclic) bond motifs is 1. The molecular formula is C11H12O2. The van der Waals surface area contributed by atoms with E-state index in [2.05, 4.69) is 0 Å². The van der Waals surface area contributed by atoms with Crippen LogP contribution in [0.15, 0.2) is 18.2 Å². The topological polar surface area (TPSA) is 26.3 Å². The van der Waals surface area contributed by atoms with E-state index < -0.39 is 0 Å². The zero-order valence-electron chi connectivity index (χ0n) is 7.83. The standard InChI is InChI=1S/C11H12O2/c1-7-4-3-5-10-11(7)9(6-13-10)8(2)12/h3-5,9H,6H2,1-2H3. The molecule has 0 saturated heterocycles. The molecule has 1 unspecified atom stereocenters. The molecule has 2 rings (SSSR count). The molecule has 2 heteroatoms. The third-order valence-electron chi connectivity index (χ3n) is 2.53. The Kier molecular flexibility index (Phi) is 1.83. The molecule has 0 N–H and O–H groups in total. The van der Waals surface area contributed by atoms with Gasteiger partial charge in [-0.2, -0.15) is 0 Å². The number of hydrogen-bond acceptors (Lipinski definition) is 2. The molecule has 1 heterocycles. The van der Waals surface area contributed by atoms with Crippen LogP contribution < -0.4 is 4.74 Å². The van der Waals surface area contributed by atoms with E-state index in [0.29, 0.717) is 6.61 Å². The number of Topliss-reactive ketones (excluding diaryl/α,β-unsaturated/α-hetero) is 1. The van der Waals surface area contributed by atoms with Crippen molar-refractivity contribution in [3.8, 4) is 5.75 Å². The minimum Gasteiger partial charge on any atom is -0.492 e. The molecule has 68 valence electrons. The normalized spacial score (nSPS) is 19.4. The second-order valence-electron chi connectivity index (χ2n) is 3.46. The summed E-state index contributed by atoms with van der Waals surface area (Å²) in [6.45, 7) is 4.15. The third-order valence-corrected chi connectivity index (χ3v) is 2.53. The number of carbonyl (C=O) groups excluding carboxylic acids is 1. The van der Waals surface area contributed by atoms with E-state index in [4.69, 9.17) is 4.74 Å². The maximum Gasteiger partial charge on any atom is 0.140 e. The first kappa shape index (κ1) is 8.30. The average Bonchev–Trinajstić information content (AvgIpc) is 2.49. The van der Waals surface area contributed by atoms with Crippen LogP contribution in [-0.4, -0.2) is 12.4 Å². The Labute approximate surface area is 77.5 Å². The van der Waals surface area contributed by atoms with Crippen LogP contribution in [0.1, 0.15) is 24.0 Å². The van der Waals surface area contributed by atoms with Crippen LogP contribution in [-0.2, 0) is 4.79 Å². The van der Waals surface area contributed by atoms with E-state index in [-0.39, 0.29) is 11.7 Å². The van der Waals surface area contributed by atoms with Crippen molar-refractivity contribution in [3.63, 3.8) is 0 Å². The molecule has 0 bridgehead atoms. The third kappa shape index (κ3) is 1.22. The Morgan fingerprint density at radius 1 is 1.54 bits per heavy atom. The van der Waals surface area contributed by atoms with Crippen LogP contribution in [0.3, 0.4) is 0 Å². The van der Waals surface area contributed by atoms with E-state index in [1.807, 2.05) is 25.1 Å². The van der Waals surface area contributed by atoms with E-state index in [1.54, 1.807) is 6.92 Å². The Bertz CT molecular complexity index is 355. The highest BCUT2D eigenvalue weighted by Crippen LogP contribution is 2.36. The highest BCUT2D eigenvalue weighted by atomic mass is 16.5. The van der Waals surface area contributed by atoms with Gasteiger partial charge in [0.1, 0.15) is 18.1 Å². The molecule has 1 aliphatic rings. The summed E-state index contributed by atoms with van der Waals surface area (Å²) < 4.78 is 5.43. The van der Waals surface area contributed by atoms with Crippen LogP contribution in [0.2, 0.25) is 0 Å². The van der Waals surface area contributed by atoms with E-state index in [1.165, 1.54) is 0 Å². The van der Waals surface area contributed by atoms with Gasteiger partial charge in [-0.05, 0) is 25.5 Å². The van der Waals surface area contributed by atoms with Crippen molar-refractivity contribution >= 4 is 5.78 Å². The van der Waals surface area contributed by atoms with Gasteiger partial charge in [0, 0.05) is 5.56 Å². The number of ether oxygens (including phenoxy) is 1. The fourth-order valence-corrected chi connectivity index (χ4v) is 1.80. The Hall–Kier alpha value is -1.31. The largest absolute Gasteiger partial charge is 0.492 e. The predicted octanol–water partition coefficient (Wildman–Crippen LogP) is 2.06. The number of benzene rings is 1. The lowest BCUT2D eigenvalue weighted by molar-refractivity contribution is -0.118. The molecule has 0 aliphatic carbocycles. The SMILES string of the molecule is CC(=O)C1COc2cccc(C)c21. The van der Waals surface area contributed by atoms with Crippen molar-refractivity contribution in [1.29, 1.82) is 0 Å². The fourth-order valence-electron chi connectivity index (χ4n) is 1.80. The number of rotatable bonds is 1. The lowest BCUT2D eigenvalue weighted by Gasteiger charge is -2.06. The summed E-state index contributed by atoms with van der Waals surface area (Å²) in [4.78, 5) is 11.3. The van der Waals surface area contributed by atoms with Gasteiger partial charge in [0.25, 0.3) is 0 Å². The van der Waals surface area contributed by atoms with Gasteiger partial charge in [-0.1, -0.05) is 12.1 Å². The van der Waals surface area contributed by atoms with Gasteiger partial charge in [0.2, 0.25) is 0 Å². The molecular weight excluding hydrogens is 164 g/mol. The van der Waals surface area contributed by atoms with Gasteiger partial charge in [-0.3, -0.25) is 4.79 Å². The van der Waals surface area contributed by atoms with Crippen molar-refractivity contribution in [1.82, 2.24) is 0 Å². The van der Waals surface area contributed by atoms with Crippen molar-refractivity contribution in [2.75, 3.05) is 6.61 Å². The second kappa shape index (κ2) is 2.87. The van der Waals surface area contributed by atoms with Crippen LogP contribution in [0.4, 0.5) is 0 Å². The summed E-state index contributed by atoms with van der Waals surface area (Å²) in [6, 6.07) is 5.89. The molecule has 0 fully saturated rings. The minimum absolute atomic E-state index is 0.0452. The van der Waals surface area contributed by atoms with Gasteiger partial charge in [0.05, 0.1) is 5.92 Å². The van der Waals surface area contributed by atoms with Gasteiger partial charge < -0.3 is 4.74 Å². The maximum absolute atomic E-state index is 11.3. The van der Waals surface area contributed by atoms with E-state index in [9.17, 15) is 4.79 Å². The van der Waals surface area contributed by atoms with Gasteiger partial charge in [-0.25, -0.2) is 0 Å². The molecule has 0 spiro atoms. The quantitative estimate of drug-likeness (QED) is 0.654. The first-order chi connectivity index (χ1) is 6.20.